The van der Waals surface area contributed by atoms with Gasteiger partial charge in [0.05, 0.1) is 12.6 Å². The molecule has 1 amide bonds. The van der Waals surface area contributed by atoms with Gasteiger partial charge in [0.25, 0.3) is 0 Å². The molecule has 0 radical (unpaired) electrons. The number of halogens is 2. The number of alkyl halides is 2. The molecule has 3 N–H and O–H groups in total. The molecule has 0 aromatic rings. The Balaban J connectivity index is 4.39. The Morgan fingerprint density at radius 2 is 2.00 bits per heavy atom. The number of carboxylic acid groups (broad SMARTS) is 1. The van der Waals surface area contributed by atoms with Crippen LogP contribution in [0, 0.1) is 0 Å². The van der Waals surface area contributed by atoms with Crippen molar-refractivity contribution in [1.82, 2.24) is 4.90 Å². The second-order valence-corrected chi connectivity index (χ2v) is 3.00. The predicted molar refractivity (Wildman–Crippen MR) is 43.9 cm³/mol. The maximum absolute atomic E-state index is 12.6. The van der Waals surface area contributed by atoms with Crippen LogP contribution in [0.25, 0.3) is 0 Å². The van der Waals surface area contributed by atoms with Crippen LogP contribution in [-0.2, 0) is 9.59 Å². The molecule has 5 nitrogen and oxygen atoms in total. The molecule has 0 aliphatic rings. The van der Waals surface area contributed by atoms with Gasteiger partial charge in [0.1, 0.15) is 0 Å². The highest BCUT2D eigenvalue weighted by Crippen LogP contribution is 2.15. The van der Waals surface area contributed by atoms with E-state index in [0.717, 1.165) is 4.90 Å². The summed E-state index contributed by atoms with van der Waals surface area (Å²) in [5.41, 5.74) is 4.86. The third-order valence-corrected chi connectivity index (χ3v) is 1.83. The fraction of sp³-hybridized carbons (Fsp3) is 0.714. The van der Waals surface area contributed by atoms with Gasteiger partial charge in [-0.25, -0.2) is 4.79 Å². The van der Waals surface area contributed by atoms with E-state index in [2.05, 4.69) is 0 Å². The maximum Gasteiger partial charge on any atom is 0.375 e. The first-order chi connectivity index (χ1) is 6.18. The van der Waals surface area contributed by atoms with Gasteiger partial charge in [0.2, 0.25) is 5.91 Å². The average molecular weight is 210 g/mol. The normalized spacial score (nSPS) is 14.1. The molecule has 0 spiro atoms. The summed E-state index contributed by atoms with van der Waals surface area (Å²) in [4.78, 5) is 21.5. The number of aliphatic carboxylic acids is 1. The number of primary amides is 1. The fourth-order valence-electron chi connectivity index (χ4n) is 0.735. The molecule has 0 rings (SSSR count). The molecule has 82 valence electrons. The lowest BCUT2D eigenvalue weighted by molar-refractivity contribution is -0.168. The molecule has 1 atom stereocenters. The molecule has 0 aliphatic carbocycles. The van der Waals surface area contributed by atoms with E-state index in [-0.39, 0.29) is 0 Å². The average Bonchev–Trinajstić information content (AvgIpc) is 2.01. The minimum Gasteiger partial charge on any atom is -0.477 e. The van der Waals surface area contributed by atoms with Crippen molar-refractivity contribution in [3.05, 3.63) is 0 Å². The summed E-state index contributed by atoms with van der Waals surface area (Å²) in [5, 5.41) is 8.12. The zero-order valence-electron chi connectivity index (χ0n) is 7.83. The number of nitrogens with two attached hydrogens (primary N) is 1. The summed E-state index contributed by atoms with van der Waals surface area (Å²) in [6.45, 7) is 0.271. The number of hydrogen-bond acceptors (Lipinski definition) is 3. The molecule has 14 heavy (non-hydrogen) atoms. The second kappa shape index (κ2) is 4.32. The van der Waals surface area contributed by atoms with Crippen molar-refractivity contribution in [2.75, 3.05) is 13.6 Å². The number of carboxylic acids is 1. The van der Waals surface area contributed by atoms with E-state index in [1.165, 1.54) is 14.0 Å². The van der Waals surface area contributed by atoms with Gasteiger partial charge >= 0.3 is 11.9 Å². The highest BCUT2D eigenvalue weighted by molar-refractivity contribution is 5.79. The predicted octanol–water partition coefficient (Wildman–Crippen LogP) is -0.488. The molecule has 1 unspecified atom stereocenters. The highest BCUT2D eigenvalue weighted by Gasteiger charge is 2.41. The topological polar surface area (TPSA) is 83.6 Å². The SMILES string of the molecule is CC(C(N)=O)N(C)CC(F)(F)C(=O)O. The molecule has 0 aromatic carbocycles. The van der Waals surface area contributed by atoms with Crippen LogP contribution in [0.15, 0.2) is 0 Å². The lowest BCUT2D eigenvalue weighted by Crippen LogP contribution is -2.48. The largest absolute Gasteiger partial charge is 0.477 e. The first kappa shape index (κ1) is 12.8. The molecule has 0 heterocycles. The molecular weight excluding hydrogens is 198 g/mol. The minimum atomic E-state index is -3.88. The third-order valence-electron chi connectivity index (χ3n) is 1.83. The van der Waals surface area contributed by atoms with Crippen LogP contribution in [0.4, 0.5) is 8.78 Å². The van der Waals surface area contributed by atoms with Gasteiger partial charge in [0.15, 0.2) is 0 Å². The van der Waals surface area contributed by atoms with Gasteiger partial charge in [0, 0.05) is 0 Å². The summed E-state index contributed by atoms with van der Waals surface area (Å²) in [6.07, 6.45) is 0. The quantitative estimate of drug-likeness (QED) is 0.641. The monoisotopic (exact) mass is 210 g/mol. The van der Waals surface area contributed by atoms with Gasteiger partial charge in [-0.15, -0.1) is 0 Å². The van der Waals surface area contributed by atoms with Gasteiger partial charge < -0.3 is 10.8 Å². The molecule has 0 aliphatic heterocycles. The fourth-order valence-corrected chi connectivity index (χ4v) is 0.735. The summed E-state index contributed by atoms with van der Waals surface area (Å²) < 4.78 is 25.3. The number of hydrogen-bond donors (Lipinski definition) is 2. The number of likely N-dealkylation sites (N-methyl/N-ethyl adjacent to an activating group) is 1. The summed E-state index contributed by atoms with van der Waals surface area (Å²) in [5.74, 6) is -6.88. The van der Waals surface area contributed by atoms with E-state index in [9.17, 15) is 18.4 Å². The van der Waals surface area contributed by atoms with Gasteiger partial charge in [-0.1, -0.05) is 0 Å². The third kappa shape index (κ3) is 3.25. The Bertz CT molecular complexity index is 245. The number of rotatable bonds is 5. The Labute approximate surface area is 79.5 Å². The Morgan fingerprint density at radius 3 is 2.29 bits per heavy atom. The first-order valence-electron chi connectivity index (χ1n) is 3.79. The lowest BCUT2D eigenvalue weighted by Gasteiger charge is -2.24. The Morgan fingerprint density at radius 1 is 1.57 bits per heavy atom. The van der Waals surface area contributed by atoms with Crippen molar-refractivity contribution in [2.45, 2.75) is 18.9 Å². The van der Waals surface area contributed by atoms with Crippen LogP contribution in [0.2, 0.25) is 0 Å². The van der Waals surface area contributed by atoms with E-state index in [1.807, 2.05) is 0 Å². The lowest BCUT2D eigenvalue weighted by atomic mass is 10.2. The summed E-state index contributed by atoms with van der Waals surface area (Å²) in [6, 6.07) is -0.930. The summed E-state index contributed by atoms with van der Waals surface area (Å²) >= 11 is 0. The molecule has 0 bridgehead atoms. The molecule has 0 fully saturated rings. The van der Waals surface area contributed by atoms with Crippen molar-refractivity contribution in [2.24, 2.45) is 5.73 Å². The van der Waals surface area contributed by atoms with Gasteiger partial charge in [-0.2, -0.15) is 8.78 Å². The molecule has 0 saturated heterocycles. The van der Waals surface area contributed by atoms with E-state index < -0.39 is 30.4 Å². The van der Waals surface area contributed by atoms with Gasteiger partial charge in [-0.05, 0) is 14.0 Å². The van der Waals surface area contributed by atoms with E-state index >= 15 is 0 Å². The number of carbonyl (C=O) groups is 2. The van der Waals surface area contributed by atoms with Gasteiger partial charge in [-0.3, -0.25) is 9.69 Å². The zero-order valence-corrected chi connectivity index (χ0v) is 7.83. The van der Waals surface area contributed by atoms with Crippen molar-refractivity contribution in [1.29, 1.82) is 0 Å². The molecule has 0 saturated carbocycles. The number of amides is 1. The van der Waals surface area contributed by atoms with Crippen LogP contribution in [0.5, 0.6) is 0 Å². The van der Waals surface area contributed by atoms with Crippen molar-refractivity contribution in [3.8, 4) is 0 Å². The Kier molecular flexibility index (Phi) is 3.93. The molecular formula is C7H12F2N2O3. The molecule has 0 aromatic heterocycles. The first-order valence-corrected chi connectivity index (χ1v) is 3.79. The van der Waals surface area contributed by atoms with E-state index in [0.29, 0.717) is 0 Å². The Hall–Kier alpha value is -1.24. The van der Waals surface area contributed by atoms with Crippen LogP contribution >= 0.6 is 0 Å². The van der Waals surface area contributed by atoms with Crippen LogP contribution in [0.3, 0.4) is 0 Å². The van der Waals surface area contributed by atoms with E-state index in [1.54, 1.807) is 0 Å². The summed E-state index contributed by atoms with van der Waals surface area (Å²) in [7, 11) is 1.20. The van der Waals surface area contributed by atoms with Crippen LogP contribution < -0.4 is 5.73 Å². The number of nitrogens with zero attached hydrogens (tertiary/aromatic N) is 1. The zero-order chi connectivity index (χ0) is 11.5. The van der Waals surface area contributed by atoms with Crippen molar-refractivity contribution < 1.29 is 23.5 Å². The van der Waals surface area contributed by atoms with Crippen molar-refractivity contribution in [3.63, 3.8) is 0 Å². The van der Waals surface area contributed by atoms with Crippen LogP contribution in [-0.4, -0.2) is 47.4 Å². The number of carbonyl (C=O) groups excluding carboxylic acids is 1. The van der Waals surface area contributed by atoms with E-state index in [4.69, 9.17) is 10.8 Å². The maximum atomic E-state index is 12.6. The minimum absolute atomic E-state index is 0.784. The molecule has 7 heteroatoms. The highest BCUT2D eigenvalue weighted by atomic mass is 19.3. The van der Waals surface area contributed by atoms with Crippen molar-refractivity contribution >= 4 is 11.9 Å². The smallest absolute Gasteiger partial charge is 0.375 e. The second-order valence-electron chi connectivity index (χ2n) is 3.00. The van der Waals surface area contributed by atoms with Crippen LogP contribution in [0.1, 0.15) is 6.92 Å². The standard InChI is InChI=1S/C7H12F2N2O3/c1-4(5(10)12)11(2)3-7(8,9)6(13)14/h4H,3H2,1-2H3,(H2,10,12)(H,13,14).